The average Bonchev–Trinajstić information content (AvgIpc) is 3.46. The molecule has 4 heterocycles. The zero-order chi connectivity index (χ0) is 23.4. The Balaban J connectivity index is 1.38. The van der Waals surface area contributed by atoms with Crippen LogP contribution in [0.15, 0.2) is 65.8 Å². The maximum atomic E-state index is 13.4. The topological polar surface area (TPSA) is 93.0 Å². The summed E-state index contributed by atoms with van der Waals surface area (Å²) in [5.74, 6) is 0.517. The van der Waals surface area contributed by atoms with E-state index in [1.807, 2.05) is 41.1 Å². The molecule has 1 amide bonds. The number of rotatable bonds is 5. The zero-order valence-corrected chi connectivity index (χ0v) is 19.3. The lowest BCUT2D eigenvalue weighted by molar-refractivity contribution is -0.118. The van der Waals surface area contributed by atoms with E-state index in [0.29, 0.717) is 37.2 Å². The molecule has 8 nitrogen and oxygen atoms in total. The number of nitrogens with zero attached hydrogens (tertiary/aromatic N) is 3. The van der Waals surface area contributed by atoms with E-state index >= 15 is 0 Å². The lowest BCUT2D eigenvalue weighted by Gasteiger charge is -2.25. The lowest BCUT2D eigenvalue weighted by atomic mass is 10.00. The van der Waals surface area contributed by atoms with Gasteiger partial charge in [0.05, 0.1) is 29.1 Å². The molecule has 0 radical (unpaired) electrons. The first-order chi connectivity index (χ1) is 16.4. The summed E-state index contributed by atoms with van der Waals surface area (Å²) in [5.41, 5.74) is 5.32. The Morgan fingerprint density at radius 3 is 2.65 bits per heavy atom. The number of sulfonamides is 1. The summed E-state index contributed by atoms with van der Waals surface area (Å²) in [6, 6.07) is 14.4. The van der Waals surface area contributed by atoms with Gasteiger partial charge < -0.3 is 14.0 Å². The van der Waals surface area contributed by atoms with Crippen LogP contribution in [0.3, 0.4) is 0 Å². The molecule has 0 unspecified atom stereocenters. The second-order valence-corrected chi connectivity index (χ2v) is 10.2. The number of ether oxygens (including phenoxy) is 1. The van der Waals surface area contributed by atoms with Crippen molar-refractivity contribution >= 4 is 33.0 Å². The second-order valence-electron chi connectivity index (χ2n) is 8.50. The molecule has 2 aromatic carbocycles. The Hall–Kier alpha value is -3.85. The number of anilines is 2. The van der Waals surface area contributed by atoms with Gasteiger partial charge in [-0.2, -0.15) is 0 Å². The molecule has 0 aliphatic carbocycles. The largest absolute Gasteiger partial charge is 0.495 e. The molecule has 0 saturated heterocycles. The summed E-state index contributed by atoms with van der Waals surface area (Å²) in [6.07, 6.45) is 5.41. The van der Waals surface area contributed by atoms with Gasteiger partial charge in [-0.15, -0.1) is 0 Å². The third-order valence-corrected chi connectivity index (χ3v) is 7.78. The highest BCUT2D eigenvalue weighted by atomic mass is 32.2. The van der Waals surface area contributed by atoms with Crippen LogP contribution < -0.4 is 14.4 Å². The van der Waals surface area contributed by atoms with E-state index in [4.69, 9.17) is 4.74 Å². The van der Waals surface area contributed by atoms with Crippen LogP contribution in [-0.2, 0) is 27.7 Å². The Bertz CT molecular complexity index is 1540. The minimum Gasteiger partial charge on any atom is -0.495 e. The Kier molecular flexibility index (Phi) is 4.63. The molecule has 0 atom stereocenters. The maximum Gasteiger partial charge on any atom is 0.262 e. The number of imidazole rings is 1. The molecule has 0 saturated carbocycles. The number of aryl methyl sites for hydroxylation is 1. The molecule has 0 spiro atoms. The molecule has 6 rings (SSSR count). The standard InChI is InChI=1S/C25H22N4O4S/c1-33-22-7-5-16(21-15-28-10-3-2-4-23(28)26-21)14-20(22)27-34(31,32)19-12-17-6-8-24(30)29-11-9-18(13-19)25(17)29/h2-5,7,10,12-15,27H,6,8-9,11H2,1H3. The van der Waals surface area contributed by atoms with E-state index in [9.17, 15) is 13.2 Å². The maximum absolute atomic E-state index is 13.4. The van der Waals surface area contributed by atoms with E-state index in [1.54, 1.807) is 29.2 Å². The number of pyridine rings is 1. The van der Waals surface area contributed by atoms with E-state index in [0.717, 1.165) is 33.7 Å². The van der Waals surface area contributed by atoms with Gasteiger partial charge in [-0.25, -0.2) is 13.4 Å². The molecule has 1 N–H and O–H groups in total. The van der Waals surface area contributed by atoms with Crippen LogP contribution >= 0.6 is 0 Å². The normalized spacial score (nSPS) is 15.0. The van der Waals surface area contributed by atoms with Crippen LogP contribution in [0.4, 0.5) is 11.4 Å². The Morgan fingerprint density at radius 1 is 1.03 bits per heavy atom. The third kappa shape index (κ3) is 3.31. The van der Waals surface area contributed by atoms with E-state index in [2.05, 4.69) is 9.71 Å². The number of methoxy groups -OCH3 is 1. The van der Waals surface area contributed by atoms with E-state index in [-0.39, 0.29) is 10.8 Å². The molecule has 34 heavy (non-hydrogen) atoms. The van der Waals surface area contributed by atoms with Crippen LogP contribution in [0, 0.1) is 0 Å². The minimum absolute atomic E-state index is 0.105. The van der Waals surface area contributed by atoms with Crippen LogP contribution in [0.5, 0.6) is 5.75 Å². The number of amides is 1. The molecule has 172 valence electrons. The van der Waals surface area contributed by atoms with Gasteiger partial charge in [-0.3, -0.25) is 9.52 Å². The van der Waals surface area contributed by atoms with Crippen LogP contribution in [0.25, 0.3) is 16.9 Å². The van der Waals surface area contributed by atoms with Crippen LogP contribution in [-0.4, -0.2) is 37.4 Å². The fraction of sp³-hybridized carbons (Fsp3) is 0.200. The fourth-order valence-corrected chi connectivity index (χ4v) is 5.97. The second kappa shape index (κ2) is 7.59. The SMILES string of the molecule is COc1ccc(-c2cn3ccccc3n2)cc1NS(=O)(=O)c1cc2c3c(c1)CCN3C(=O)CC2. The highest BCUT2D eigenvalue weighted by molar-refractivity contribution is 7.92. The van der Waals surface area contributed by atoms with Crippen molar-refractivity contribution < 1.29 is 17.9 Å². The number of benzene rings is 2. The summed E-state index contributed by atoms with van der Waals surface area (Å²) in [5, 5.41) is 0. The summed E-state index contributed by atoms with van der Waals surface area (Å²) in [7, 11) is -2.39. The number of carbonyl (C=O) groups is 1. The van der Waals surface area contributed by atoms with Gasteiger partial charge in [-0.1, -0.05) is 6.07 Å². The summed E-state index contributed by atoms with van der Waals surface area (Å²) in [6.45, 7) is 0.604. The number of nitrogens with one attached hydrogen (secondary N) is 1. The molecule has 2 aliphatic heterocycles. The van der Waals surface area contributed by atoms with Crippen molar-refractivity contribution in [1.82, 2.24) is 9.38 Å². The first-order valence-electron chi connectivity index (χ1n) is 11.0. The zero-order valence-electron chi connectivity index (χ0n) is 18.5. The van der Waals surface area contributed by atoms with Crippen molar-refractivity contribution in [3.05, 3.63) is 72.1 Å². The lowest BCUT2D eigenvalue weighted by Crippen LogP contribution is -2.33. The number of hydrogen-bond acceptors (Lipinski definition) is 5. The van der Waals surface area contributed by atoms with Gasteiger partial charge in [0.1, 0.15) is 11.4 Å². The van der Waals surface area contributed by atoms with Crippen molar-refractivity contribution in [1.29, 1.82) is 0 Å². The van der Waals surface area contributed by atoms with E-state index < -0.39 is 10.0 Å². The highest BCUT2D eigenvalue weighted by Crippen LogP contribution is 2.39. The Morgan fingerprint density at radius 2 is 1.85 bits per heavy atom. The predicted molar refractivity (Wildman–Crippen MR) is 129 cm³/mol. The van der Waals surface area contributed by atoms with Crippen LogP contribution in [0.2, 0.25) is 0 Å². The summed E-state index contributed by atoms with van der Waals surface area (Å²) < 4.78 is 36.9. The number of aromatic nitrogens is 2. The van der Waals surface area contributed by atoms with Crippen molar-refractivity contribution in [2.75, 3.05) is 23.3 Å². The number of carbonyl (C=O) groups excluding carboxylic acids is 1. The Labute approximate surface area is 196 Å². The molecule has 9 heteroatoms. The van der Waals surface area contributed by atoms with Gasteiger partial charge in [0.25, 0.3) is 10.0 Å². The minimum atomic E-state index is -3.89. The molecular formula is C25H22N4O4S. The quantitative estimate of drug-likeness (QED) is 0.477. The first-order valence-corrected chi connectivity index (χ1v) is 12.5. The third-order valence-electron chi connectivity index (χ3n) is 6.44. The van der Waals surface area contributed by atoms with Crippen molar-refractivity contribution in [2.24, 2.45) is 0 Å². The highest BCUT2D eigenvalue weighted by Gasteiger charge is 2.33. The molecule has 4 aromatic rings. The average molecular weight is 475 g/mol. The molecular weight excluding hydrogens is 452 g/mol. The van der Waals surface area contributed by atoms with Gasteiger partial charge in [-0.05, 0) is 66.4 Å². The fourth-order valence-electron chi connectivity index (χ4n) is 4.81. The molecule has 0 fully saturated rings. The van der Waals surface area contributed by atoms with Gasteiger partial charge in [0, 0.05) is 30.9 Å². The summed E-state index contributed by atoms with van der Waals surface area (Å²) in [4.78, 5) is 18.8. The number of hydrogen-bond donors (Lipinski definition) is 1. The summed E-state index contributed by atoms with van der Waals surface area (Å²) >= 11 is 0. The van der Waals surface area contributed by atoms with Crippen molar-refractivity contribution in [3.8, 4) is 17.0 Å². The monoisotopic (exact) mass is 474 g/mol. The van der Waals surface area contributed by atoms with Crippen molar-refractivity contribution in [3.63, 3.8) is 0 Å². The first kappa shape index (κ1) is 20.7. The van der Waals surface area contributed by atoms with Crippen molar-refractivity contribution in [2.45, 2.75) is 24.2 Å². The molecule has 2 aromatic heterocycles. The van der Waals surface area contributed by atoms with E-state index in [1.165, 1.54) is 7.11 Å². The van der Waals surface area contributed by atoms with Gasteiger partial charge in [0.15, 0.2) is 0 Å². The van der Waals surface area contributed by atoms with Gasteiger partial charge >= 0.3 is 0 Å². The predicted octanol–water partition coefficient (Wildman–Crippen LogP) is 3.65. The smallest absolute Gasteiger partial charge is 0.262 e. The van der Waals surface area contributed by atoms with Gasteiger partial charge in [0.2, 0.25) is 5.91 Å². The number of fused-ring (bicyclic) bond motifs is 1. The van der Waals surface area contributed by atoms with Crippen LogP contribution in [0.1, 0.15) is 17.5 Å². The molecule has 0 bridgehead atoms. The molecule has 2 aliphatic rings.